The number of nitriles is 1. The number of nitrogens with one attached hydrogen (secondary N) is 2. The number of quaternary nitrogens is 1. The molecule has 1 aromatic carbocycles. The van der Waals surface area contributed by atoms with Crippen molar-refractivity contribution in [2.45, 2.75) is 6.61 Å². The number of nitrogens with zero attached hydrogens (tertiary/aromatic N) is 2. The molecule has 0 radical (unpaired) electrons. The summed E-state index contributed by atoms with van der Waals surface area (Å²) in [6, 6.07) is 11.5. The largest absolute Gasteiger partial charge is 0.484 e. The number of morpholine rings is 1. The lowest BCUT2D eigenvalue weighted by Gasteiger charge is -2.23. The molecule has 1 aliphatic rings. The van der Waals surface area contributed by atoms with E-state index in [-0.39, 0.29) is 12.3 Å². The number of ether oxygens (including phenoxy) is 2. The van der Waals surface area contributed by atoms with E-state index >= 15 is 0 Å². The van der Waals surface area contributed by atoms with Crippen LogP contribution in [0.2, 0.25) is 0 Å². The number of benzene rings is 1. The highest BCUT2D eigenvalue weighted by Crippen LogP contribution is 2.18. The molecule has 0 saturated carbocycles. The van der Waals surface area contributed by atoms with Crippen LogP contribution in [0.3, 0.4) is 0 Å². The van der Waals surface area contributed by atoms with E-state index in [2.05, 4.69) is 16.4 Å². The van der Waals surface area contributed by atoms with E-state index < -0.39 is 0 Å². The smallest absolute Gasteiger partial charge is 0.236 e. The van der Waals surface area contributed by atoms with Crippen molar-refractivity contribution in [3.63, 3.8) is 0 Å². The zero-order chi connectivity index (χ0) is 16.6. The second kappa shape index (κ2) is 8.34. The van der Waals surface area contributed by atoms with Gasteiger partial charge in [0.2, 0.25) is 17.5 Å². The normalized spacial score (nSPS) is 15.0. The van der Waals surface area contributed by atoms with E-state index in [0.717, 1.165) is 45.1 Å². The molecule has 0 unspecified atom stereocenters. The van der Waals surface area contributed by atoms with Crippen molar-refractivity contribution in [1.29, 1.82) is 5.26 Å². The van der Waals surface area contributed by atoms with Gasteiger partial charge in [0.05, 0.1) is 26.3 Å². The van der Waals surface area contributed by atoms with E-state index in [1.165, 1.54) is 4.90 Å². The Morgan fingerprint density at radius 1 is 1.25 bits per heavy atom. The highest BCUT2D eigenvalue weighted by molar-refractivity contribution is 5.45. The summed E-state index contributed by atoms with van der Waals surface area (Å²) in [7, 11) is 0. The average molecular weight is 329 g/mol. The Labute approximate surface area is 140 Å². The van der Waals surface area contributed by atoms with Crippen molar-refractivity contribution in [3.8, 4) is 11.8 Å². The van der Waals surface area contributed by atoms with Crippen LogP contribution >= 0.6 is 0 Å². The average Bonchev–Trinajstić information content (AvgIpc) is 3.04. The Bertz CT molecular complexity index is 675. The van der Waals surface area contributed by atoms with Gasteiger partial charge in [0.25, 0.3) is 0 Å². The van der Waals surface area contributed by atoms with Crippen molar-refractivity contribution >= 4 is 5.88 Å². The molecule has 1 saturated heterocycles. The van der Waals surface area contributed by atoms with Gasteiger partial charge in [-0.25, -0.2) is 0 Å². The van der Waals surface area contributed by atoms with Crippen LogP contribution in [0.5, 0.6) is 5.75 Å². The molecule has 3 rings (SSSR count). The summed E-state index contributed by atoms with van der Waals surface area (Å²) in [6.07, 6.45) is 0. The number of anilines is 1. The van der Waals surface area contributed by atoms with Crippen molar-refractivity contribution < 1.29 is 18.8 Å². The van der Waals surface area contributed by atoms with Crippen LogP contribution in [0, 0.1) is 11.3 Å². The molecule has 0 atom stereocenters. The van der Waals surface area contributed by atoms with Gasteiger partial charge in [0, 0.05) is 0 Å². The molecule has 2 heterocycles. The molecule has 2 aromatic rings. The lowest BCUT2D eigenvalue weighted by molar-refractivity contribution is -0.906. The van der Waals surface area contributed by atoms with Crippen molar-refractivity contribution in [1.82, 2.24) is 4.98 Å². The van der Waals surface area contributed by atoms with Crippen LogP contribution in [0.1, 0.15) is 11.6 Å². The van der Waals surface area contributed by atoms with E-state index in [1.54, 1.807) is 0 Å². The van der Waals surface area contributed by atoms with Crippen LogP contribution in [-0.4, -0.2) is 44.4 Å². The van der Waals surface area contributed by atoms with Crippen molar-refractivity contribution in [2.75, 3.05) is 44.7 Å². The SMILES string of the molecule is N#Cc1nc(COc2ccccc2)oc1NCC[NH+]1CCOCC1. The van der Waals surface area contributed by atoms with Crippen LogP contribution < -0.4 is 15.0 Å². The molecular formula is C17H21N4O3+. The van der Waals surface area contributed by atoms with Crippen LogP contribution in [0.4, 0.5) is 5.88 Å². The van der Waals surface area contributed by atoms with Gasteiger partial charge in [-0.3, -0.25) is 0 Å². The maximum Gasteiger partial charge on any atom is 0.236 e. The standard InChI is InChI=1S/C17H20N4O3/c18-12-15-17(19-6-7-21-8-10-22-11-9-21)24-16(20-15)13-23-14-4-2-1-3-5-14/h1-5,19H,6-11,13H2/p+1. The molecule has 2 N–H and O–H groups in total. The third-order valence-electron chi connectivity index (χ3n) is 3.85. The highest BCUT2D eigenvalue weighted by atomic mass is 16.5. The zero-order valence-electron chi connectivity index (χ0n) is 13.5. The lowest BCUT2D eigenvalue weighted by Crippen LogP contribution is -3.14. The maximum atomic E-state index is 9.19. The maximum absolute atomic E-state index is 9.19. The molecule has 0 bridgehead atoms. The quantitative estimate of drug-likeness (QED) is 0.767. The summed E-state index contributed by atoms with van der Waals surface area (Å²) >= 11 is 0. The van der Waals surface area contributed by atoms with E-state index in [4.69, 9.17) is 13.9 Å². The minimum absolute atomic E-state index is 0.190. The molecule has 1 fully saturated rings. The van der Waals surface area contributed by atoms with Gasteiger partial charge < -0.3 is 24.1 Å². The van der Waals surface area contributed by atoms with Crippen molar-refractivity contribution in [3.05, 3.63) is 41.9 Å². The minimum atomic E-state index is 0.190. The Hall–Kier alpha value is -2.56. The molecule has 24 heavy (non-hydrogen) atoms. The highest BCUT2D eigenvalue weighted by Gasteiger charge is 2.16. The fraction of sp³-hybridized carbons (Fsp3) is 0.412. The second-order valence-electron chi connectivity index (χ2n) is 5.54. The first kappa shape index (κ1) is 16.3. The molecule has 1 aromatic heterocycles. The summed E-state index contributed by atoms with van der Waals surface area (Å²) in [5.41, 5.74) is 0.263. The van der Waals surface area contributed by atoms with E-state index in [9.17, 15) is 5.26 Å². The number of aromatic nitrogens is 1. The number of para-hydroxylation sites is 1. The Balaban J connectivity index is 1.51. The Morgan fingerprint density at radius 2 is 2.04 bits per heavy atom. The first-order valence-electron chi connectivity index (χ1n) is 8.08. The molecule has 0 spiro atoms. The monoisotopic (exact) mass is 329 g/mol. The number of rotatable bonds is 7. The first-order chi connectivity index (χ1) is 11.8. The van der Waals surface area contributed by atoms with Gasteiger partial charge in [-0.2, -0.15) is 10.2 Å². The molecule has 7 nitrogen and oxygen atoms in total. The molecule has 1 aliphatic heterocycles. The molecule has 0 aliphatic carbocycles. The van der Waals surface area contributed by atoms with Gasteiger partial charge in [0.1, 0.15) is 24.9 Å². The van der Waals surface area contributed by atoms with Gasteiger partial charge in [-0.15, -0.1) is 0 Å². The fourth-order valence-electron chi connectivity index (χ4n) is 2.55. The lowest BCUT2D eigenvalue weighted by atomic mass is 10.3. The number of oxazole rings is 1. The summed E-state index contributed by atoms with van der Waals surface area (Å²) in [4.78, 5) is 5.65. The zero-order valence-corrected chi connectivity index (χ0v) is 13.5. The third kappa shape index (κ3) is 4.47. The van der Waals surface area contributed by atoms with Crippen LogP contribution in [-0.2, 0) is 11.3 Å². The predicted octanol–water partition coefficient (Wildman–Crippen LogP) is 0.452. The first-order valence-corrected chi connectivity index (χ1v) is 8.08. The number of hydrogen-bond donors (Lipinski definition) is 2. The molecule has 7 heteroatoms. The fourth-order valence-corrected chi connectivity index (χ4v) is 2.55. The minimum Gasteiger partial charge on any atom is -0.484 e. The molecule has 0 amide bonds. The van der Waals surface area contributed by atoms with E-state index in [1.807, 2.05) is 30.3 Å². The third-order valence-corrected chi connectivity index (χ3v) is 3.85. The Kier molecular flexibility index (Phi) is 5.66. The summed E-state index contributed by atoms with van der Waals surface area (Å²) in [6.45, 7) is 5.50. The van der Waals surface area contributed by atoms with E-state index in [0.29, 0.717) is 11.8 Å². The molecule has 126 valence electrons. The van der Waals surface area contributed by atoms with Gasteiger partial charge in [-0.05, 0) is 12.1 Å². The summed E-state index contributed by atoms with van der Waals surface area (Å²) < 4.78 is 16.5. The predicted molar refractivity (Wildman–Crippen MR) is 86.9 cm³/mol. The second-order valence-corrected chi connectivity index (χ2v) is 5.54. The topological polar surface area (TPSA) is 84.8 Å². The van der Waals surface area contributed by atoms with Crippen LogP contribution in [0.25, 0.3) is 0 Å². The summed E-state index contributed by atoms with van der Waals surface area (Å²) in [5, 5.41) is 12.4. The summed E-state index contributed by atoms with van der Waals surface area (Å²) in [5.74, 6) is 1.54. The Morgan fingerprint density at radius 3 is 2.79 bits per heavy atom. The van der Waals surface area contributed by atoms with Crippen molar-refractivity contribution in [2.24, 2.45) is 0 Å². The number of hydrogen-bond acceptors (Lipinski definition) is 6. The van der Waals surface area contributed by atoms with Gasteiger partial charge in [0.15, 0.2) is 6.61 Å². The van der Waals surface area contributed by atoms with Gasteiger partial charge >= 0.3 is 0 Å². The van der Waals surface area contributed by atoms with Gasteiger partial charge in [-0.1, -0.05) is 18.2 Å². The van der Waals surface area contributed by atoms with Crippen LogP contribution in [0.15, 0.2) is 34.7 Å². The molecular weight excluding hydrogens is 308 g/mol.